The number of benzene rings is 2. The molecule has 0 aliphatic rings. The van der Waals surface area contributed by atoms with Crippen LogP contribution in [0.4, 0.5) is 5.82 Å². The van der Waals surface area contributed by atoms with Crippen molar-refractivity contribution in [3.05, 3.63) is 115 Å². The molecule has 0 aliphatic carbocycles. The maximum atomic E-state index is 4.96. The SMILES string of the molecule is c1ccc2c(NCC(c3ccncc3)c3ccncc3)nc(-c3ccc4[nH]ccc4c3)nc2c1. The third-order valence-corrected chi connectivity index (χ3v) is 6.11. The predicted octanol–water partition coefficient (Wildman–Crippen LogP) is 5.81. The second-order valence-electron chi connectivity index (χ2n) is 8.19. The van der Waals surface area contributed by atoms with E-state index in [1.807, 2.05) is 49.2 Å². The van der Waals surface area contributed by atoms with Gasteiger partial charge in [0.25, 0.3) is 0 Å². The Morgan fingerprint density at radius 1 is 0.765 bits per heavy atom. The van der Waals surface area contributed by atoms with E-state index in [2.05, 4.69) is 74.9 Å². The van der Waals surface area contributed by atoms with Gasteiger partial charge in [0, 0.05) is 65.3 Å². The van der Waals surface area contributed by atoms with Gasteiger partial charge in [-0.2, -0.15) is 0 Å². The molecule has 0 amide bonds. The van der Waals surface area contributed by atoms with Crippen molar-refractivity contribution in [1.82, 2.24) is 24.9 Å². The van der Waals surface area contributed by atoms with Crippen molar-refractivity contribution in [2.45, 2.75) is 5.92 Å². The normalized spacial score (nSPS) is 11.3. The fraction of sp³-hybridized carbons (Fsp3) is 0.0714. The highest BCUT2D eigenvalue weighted by atomic mass is 15.0. The smallest absolute Gasteiger partial charge is 0.162 e. The third-order valence-electron chi connectivity index (χ3n) is 6.11. The first-order valence-electron chi connectivity index (χ1n) is 11.2. The molecule has 0 bridgehead atoms. The number of nitrogens with one attached hydrogen (secondary N) is 2. The fourth-order valence-corrected chi connectivity index (χ4v) is 4.35. The Morgan fingerprint density at radius 3 is 2.26 bits per heavy atom. The number of rotatable bonds is 6. The van der Waals surface area contributed by atoms with Crippen LogP contribution in [0.25, 0.3) is 33.2 Å². The Morgan fingerprint density at radius 2 is 1.50 bits per heavy atom. The van der Waals surface area contributed by atoms with E-state index in [-0.39, 0.29) is 5.92 Å². The first-order valence-corrected chi connectivity index (χ1v) is 11.2. The van der Waals surface area contributed by atoms with Gasteiger partial charge in [-0.1, -0.05) is 12.1 Å². The zero-order chi connectivity index (χ0) is 22.7. The second kappa shape index (κ2) is 8.75. The molecule has 2 aromatic carbocycles. The third kappa shape index (κ3) is 3.86. The van der Waals surface area contributed by atoms with Crippen molar-refractivity contribution >= 4 is 27.6 Å². The van der Waals surface area contributed by atoms with Gasteiger partial charge in [0.15, 0.2) is 5.82 Å². The number of aromatic amines is 1. The molecule has 4 aromatic heterocycles. The minimum absolute atomic E-state index is 0.124. The molecule has 2 N–H and O–H groups in total. The fourth-order valence-electron chi connectivity index (χ4n) is 4.35. The lowest BCUT2D eigenvalue weighted by Gasteiger charge is -2.20. The monoisotopic (exact) mass is 442 g/mol. The van der Waals surface area contributed by atoms with Gasteiger partial charge in [0.05, 0.1) is 5.52 Å². The topological polar surface area (TPSA) is 79.4 Å². The lowest BCUT2D eigenvalue weighted by atomic mass is 9.92. The summed E-state index contributed by atoms with van der Waals surface area (Å²) in [6.45, 7) is 0.672. The maximum Gasteiger partial charge on any atom is 0.162 e. The Bertz CT molecular complexity index is 1520. The molecule has 0 unspecified atom stereocenters. The number of hydrogen-bond donors (Lipinski definition) is 2. The summed E-state index contributed by atoms with van der Waals surface area (Å²) in [7, 11) is 0. The van der Waals surface area contributed by atoms with Crippen LogP contribution in [0.1, 0.15) is 17.0 Å². The number of fused-ring (bicyclic) bond motifs is 2. The lowest BCUT2D eigenvalue weighted by molar-refractivity contribution is 0.844. The van der Waals surface area contributed by atoms with E-state index in [4.69, 9.17) is 9.97 Å². The van der Waals surface area contributed by atoms with Gasteiger partial charge in [-0.25, -0.2) is 9.97 Å². The van der Waals surface area contributed by atoms with Crippen LogP contribution < -0.4 is 5.32 Å². The van der Waals surface area contributed by atoms with Crippen molar-refractivity contribution in [1.29, 1.82) is 0 Å². The molecule has 0 saturated heterocycles. The van der Waals surface area contributed by atoms with Gasteiger partial charge >= 0.3 is 0 Å². The largest absolute Gasteiger partial charge is 0.368 e. The van der Waals surface area contributed by atoms with Crippen LogP contribution in [0.2, 0.25) is 0 Å². The molecule has 34 heavy (non-hydrogen) atoms. The van der Waals surface area contributed by atoms with Gasteiger partial charge in [0.2, 0.25) is 0 Å². The summed E-state index contributed by atoms with van der Waals surface area (Å²) in [6.07, 6.45) is 9.27. The number of hydrogen-bond acceptors (Lipinski definition) is 5. The second-order valence-corrected chi connectivity index (χ2v) is 8.19. The molecular weight excluding hydrogens is 420 g/mol. The molecule has 6 rings (SSSR count). The van der Waals surface area contributed by atoms with E-state index in [0.717, 1.165) is 33.2 Å². The van der Waals surface area contributed by atoms with Crippen LogP contribution in [0.15, 0.2) is 104 Å². The van der Waals surface area contributed by atoms with Crippen molar-refractivity contribution in [3.8, 4) is 11.4 Å². The highest BCUT2D eigenvalue weighted by Gasteiger charge is 2.16. The molecule has 0 fully saturated rings. The number of anilines is 1. The zero-order valence-electron chi connectivity index (χ0n) is 18.4. The van der Waals surface area contributed by atoms with Crippen LogP contribution in [0, 0.1) is 0 Å². The molecule has 6 heteroatoms. The van der Waals surface area contributed by atoms with E-state index < -0.39 is 0 Å². The number of H-pyrrole nitrogens is 1. The Hall–Kier alpha value is -4.58. The van der Waals surface area contributed by atoms with Crippen molar-refractivity contribution < 1.29 is 0 Å². The standard InChI is InChI=1S/C28H22N6/c1-2-4-26-23(3-1)28(34-27(33-26)22-5-6-25-21(17-22)11-16-31-25)32-18-24(19-7-12-29-13-8-19)20-9-14-30-15-10-20/h1-17,24,31H,18H2,(H,32,33,34). The summed E-state index contributed by atoms with van der Waals surface area (Å²) in [6, 6.07) is 24.7. The van der Waals surface area contributed by atoms with Gasteiger partial charge < -0.3 is 10.3 Å². The van der Waals surface area contributed by atoms with Crippen LogP contribution in [0.3, 0.4) is 0 Å². The van der Waals surface area contributed by atoms with Gasteiger partial charge in [-0.3, -0.25) is 9.97 Å². The van der Waals surface area contributed by atoms with E-state index in [1.54, 1.807) is 0 Å². The van der Waals surface area contributed by atoms with Gasteiger partial charge in [0.1, 0.15) is 5.82 Å². The molecule has 6 nitrogen and oxygen atoms in total. The molecule has 0 spiro atoms. The highest BCUT2D eigenvalue weighted by Crippen LogP contribution is 2.29. The highest BCUT2D eigenvalue weighted by molar-refractivity contribution is 5.91. The number of para-hydroxylation sites is 1. The summed E-state index contributed by atoms with van der Waals surface area (Å²) in [5, 5.41) is 5.76. The average molecular weight is 443 g/mol. The van der Waals surface area contributed by atoms with E-state index in [9.17, 15) is 0 Å². The van der Waals surface area contributed by atoms with Crippen LogP contribution >= 0.6 is 0 Å². The van der Waals surface area contributed by atoms with Crippen molar-refractivity contribution in [2.75, 3.05) is 11.9 Å². The number of aromatic nitrogens is 5. The number of nitrogens with zero attached hydrogens (tertiary/aromatic N) is 4. The minimum Gasteiger partial charge on any atom is -0.368 e. The first kappa shape index (κ1) is 20.1. The van der Waals surface area contributed by atoms with Gasteiger partial charge in [-0.05, 0) is 71.8 Å². The Balaban J connectivity index is 1.40. The molecule has 0 saturated carbocycles. The average Bonchev–Trinajstić information content (AvgIpc) is 3.38. The maximum absolute atomic E-state index is 4.96. The van der Waals surface area contributed by atoms with E-state index in [0.29, 0.717) is 12.4 Å². The van der Waals surface area contributed by atoms with Crippen LogP contribution in [-0.4, -0.2) is 31.5 Å². The van der Waals surface area contributed by atoms with Crippen LogP contribution in [0.5, 0.6) is 0 Å². The minimum atomic E-state index is 0.124. The van der Waals surface area contributed by atoms with E-state index >= 15 is 0 Å². The van der Waals surface area contributed by atoms with Crippen LogP contribution in [-0.2, 0) is 0 Å². The molecule has 0 aliphatic heterocycles. The van der Waals surface area contributed by atoms with E-state index in [1.165, 1.54) is 11.1 Å². The zero-order valence-corrected chi connectivity index (χ0v) is 18.4. The number of pyridine rings is 2. The van der Waals surface area contributed by atoms with Gasteiger partial charge in [-0.15, -0.1) is 0 Å². The van der Waals surface area contributed by atoms with Crippen molar-refractivity contribution in [2.24, 2.45) is 0 Å². The Kier molecular flexibility index (Phi) is 5.16. The molecule has 0 radical (unpaired) electrons. The summed E-state index contributed by atoms with van der Waals surface area (Å²) < 4.78 is 0. The lowest BCUT2D eigenvalue weighted by Crippen LogP contribution is -2.15. The molecule has 0 atom stereocenters. The quantitative estimate of drug-likeness (QED) is 0.340. The summed E-state index contributed by atoms with van der Waals surface area (Å²) in [4.78, 5) is 21.4. The summed E-state index contributed by atoms with van der Waals surface area (Å²) in [5.74, 6) is 1.65. The molecule has 164 valence electrons. The first-order chi connectivity index (χ1) is 16.8. The molecule has 4 heterocycles. The Labute approximate surface area is 196 Å². The molecule has 6 aromatic rings. The summed E-state index contributed by atoms with van der Waals surface area (Å²) in [5.41, 5.74) is 5.37. The van der Waals surface area contributed by atoms with Crippen molar-refractivity contribution in [3.63, 3.8) is 0 Å². The molecular formula is C28H22N6. The summed E-state index contributed by atoms with van der Waals surface area (Å²) >= 11 is 0. The predicted molar refractivity (Wildman–Crippen MR) is 136 cm³/mol.